The van der Waals surface area contributed by atoms with E-state index in [4.69, 9.17) is 26.8 Å². The number of thioether (sulfide) groups is 1. The number of methoxy groups -OCH3 is 1. The number of carboxylic acids is 1. The Morgan fingerprint density at radius 2 is 2.12 bits per heavy atom. The van der Waals surface area contributed by atoms with Crippen molar-refractivity contribution in [3.63, 3.8) is 0 Å². The second-order valence-electron chi connectivity index (χ2n) is 5.12. The molecule has 1 aliphatic rings. The Labute approximate surface area is 149 Å². The third-order valence-corrected chi connectivity index (χ3v) is 4.75. The predicted octanol–water partition coefficient (Wildman–Crippen LogP) is 2.51. The van der Waals surface area contributed by atoms with E-state index in [2.05, 4.69) is 5.32 Å². The molecule has 128 valence electrons. The van der Waals surface area contributed by atoms with Crippen LogP contribution in [-0.4, -0.2) is 35.0 Å². The first-order valence-corrected chi connectivity index (χ1v) is 8.37. The highest BCUT2D eigenvalue weighted by Crippen LogP contribution is 2.31. The number of carbonyl (C=O) groups is 2. The van der Waals surface area contributed by atoms with Gasteiger partial charge in [-0.05, 0) is 37.5 Å². The highest BCUT2D eigenvalue weighted by molar-refractivity contribution is 8.26. The number of aryl methyl sites for hydroxylation is 1. The van der Waals surface area contributed by atoms with E-state index in [1.807, 2.05) is 19.1 Å². The first-order chi connectivity index (χ1) is 11.4. The van der Waals surface area contributed by atoms with Gasteiger partial charge >= 0.3 is 5.97 Å². The van der Waals surface area contributed by atoms with E-state index in [-0.39, 0.29) is 5.91 Å². The number of ether oxygens (including phenoxy) is 2. The molecular formula is C16H17NO5S2. The van der Waals surface area contributed by atoms with Gasteiger partial charge < -0.3 is 19.9 Å². The van der Waals surface area contributed by atoms with Crippen LogP contribution in [0.15, 0.2) is 28.7 Å². The van der Waals surface area contributed by atoms with Crippen molar-refractivity contribution in [2.45, 2.75) is 19.8 Å². The van der Waals surface area contributed by atoms with Crippen molar-refractivity contribution >= 4 is 40.2 Å². The number of hydrogen-bond donors (Lipinski definition) is 2. The largest absolute Gasteiger partial charge is 0.493 e. The number of thiocarbonyl (C=S) groups is 1. The van der Waals surface area contributed by atoms with Crippen molar-refractivity contribution in [1.29, 1.82) is 0 Å². The molecule has 2 N–H and O–H groups in total. The number of carbonyl (C=O) groups excluding carboxylic acids is 1. The Hall–Kier alpha value is -2.06. The molecule has 1 amide bonds. The molecule has 1 aromatic carbocycles. The lowest BCUT2D eigenvalue weighted by atomic mass is 10.0. The van der Waals surface area contributed by atoms with Crippen LogP contribution in [0.1, 0.15) is 18.9 Å². The fourth-order valence-electron chi connectivity index (χ4n) is 2.17. The monoisotopic (exact) mass is 367 g/mol. The molecule has 24 heavy (non-hydrogen) atoms. The molecule has 0 radical (unpaired) electrons. The van der Waals surface area contributed by atoms with Crippen LogP contribution in [0.4, 0.5) is 0 Å². The molecular weight excluding hydrogens is 350 g/mol. The van der Waals surface area contributed by atoms with Crippen molar-refractivity contribution in [3.8, 4) is 11.5 Å². The molecule has 6 nitrogen and oxygen atoms in total. The van der Waals surface area contributed by atoms with Gasteiger partial charge in [0.05, 0.1) is 12.0 Å². The average molecular weight is 367 g/mol. The summed E-state index contributed by atoms with van der Waals surface area (Å²) < 4.78 is 10.9. The van der Waals surface area contributed by atoms with E-state index in [9.17, 15) is 9.59 Å². The van der Waals surface area contributed by atoms with E-state index in [0.29, 0.717) is 33.6 Å². The minimum atomic E-state index is -1.05. The fourth-order valence-corrected chi connectivity index (χ4v) is 3.26. The van der Waals surface area contributed by atoms with Crippen LogP contribution >= 0.6 is 24.0 Å². The van der Waals surface area contributed by atoms with E-state index in [0.717, 1.165) is 11.1 Å². The van der Waals surface area contributed by atoms with Crippen LogP contribution in [0.3, 0.4) is 0 Å². The molecule has 0 aromatic heterocycles. The number of allylic oxidation sites excluding steroid dienone is 1. The van der Waals surface area contributed by atoms with Crippen LogP contribution in [0.5, 0.6) is 11.5 Å². The highest BCUT2D eigenvalue weighted by atomic mass is 32.2. The predicted molar refractivity (Wildman–Crippen MR) is 95.5 cm³/mol. The summed E-state index contributed by atoms with van der Waals surface area (Å²) in [5.74, 6) is -0.325. The Balaban J connectivity index is 2.05. The van der Waals surface area contributed by atoms with Crippen molar-refractivity contribution in [3.05, 3.63) is 34.2 Å². The van der Waals surface area contributed by atoms with Gasteiger partial charge in [0.15, 0.2) is 18.1 Å². The van der Waals surface area contributed by atoms with Crippen LogP contribution in [-0.2, 0) is 16.0 Å². The second kappa shape index (κ2) is 8.16. The maximum atomic E-state index is 11.7. The van der Waals surface area contributed by atoms with Crippen LogP contribution in [0.2, 0.25) is 0 Å². The zero-order chi connectivity index (χ0) is 17.7. The van der Waals surface area contributed by atoms with Gasteiger partial charge in [0.1, 0.15) is 4.32 Å². The Morgan fingerprint density at radius 1 is 1.38 bits per heavy atom. The maximum Gasteiger partial charge on any atom is 0.341 e. The van der Waals surface area contributed by atoms with E-state index in [1.165, 1.54) is 18.9 Å². The summed E-state index contributed by atoms with van der Waals surface area (Å²) >= 11 is 6.27. The van der Waals surface area contributed by atoms with Gasteiger partial charge in [0.2, 0.25) is 0 Å². The molecule has 1 saturated heterocycles. The summed E-state index contributed by atoms with van der Waals surface area (Å²) in [6, 6.07) is 5.34. The number of nitrogens with one attached hydrogen (secondary N) is 1. The summed E-state index contributed by atoms with van der Waals surface area (Å²) in [4.78, 5) is 23.0. The van der Waals surface area contributed by atoms with Gasteiger partial charge in [-0.15, -0.1) is 0 Å². The zero-order valence-electron chi connectivity index (χ0n) is 13.3. The lowest BCUT2D eigenvalue weighted by Gasteiger charge is -2.11. The Kier molecular flexibility index (Phi) is 6.22. The zero-order valence-corrected chi connectivity index (χ0v) is 14.9. The first-order valence-electron chi connectivity index (χ1n) is 7.15. The quantitative estimate of drug-likeness (QED) is 0.566. The third kappa shape index (κ3) is 4.72. The van der Waals surface area contributed by atoms with E-state index in [1.54, 1.807) is 6.07 Å². The average Bonchev–Trinajstić information content (AvgIpc) is 2.89. The van der Waals surface area contributed by atoms with E-state index >= 15 is 0 Å². The lowest BCUT2D eigenvalue weighted by Crippen LogP contribution is -2.18. The number of hydrogen-bond acceptors (Lipinski definition) is 6. The first kappa shape index (κ1) is 18.3. The molecule has 0 aliphatic carbocycles. The molecule has 1 fully saturated rings. The molecule has 0 spiro atoms. The molecule has 1 aliphatic heterocycles. The smallest absolute Gasteiger partial charge is 0.341 e. The second-order valence-corrected chi connectivity index (χ2v) is 6.81. The molecule has 0 unspecified atom stereocenters. The Morgan fingerprint density at radius 3 is 2.71 bits per heavy atom. The number of rotatable bonds is 7. The van der Waals surface area contributed by atoms with Gasteiger partial charge in [-0.25, -0.2) is 4.79 Å². The summed E-state index contributed by atoms with van der Waals surface area (Å²) in [5, 5.41) is 11.3. The highest BCUT2D eigenvalue weighted by Gasteiger charge is 2.24. The summed E-state index contributed by atoms with van der Waals surface area (Å²) in [7, 11) is 1.50. The van der Waals surface area contributed by atoms with Crippen molar-refractivity contribution in [2.75, 3.05) is 13.7 Å². The van der Waals surface area contributed by atoms with Gasteiger partial charge in [-0.3, -0.25) is 4.79 Å². The van der Waals surface area contributed by atoms with E-state index < -0.39 is 12.6 Å². The van der Waals surface area contributed by atoms with Crippen molar-refractivity contribution in [1.82, 2.24) is 5.32 Å². The number of aliphatic carboxylic acids is 1. The molecule has 0 bridgehead atoms. The van der Waals surface area contributed by atoms with Crippen molar-refractivity contribution in [2.24, 2.45) is 0 Å². The summed E-state index contributed by atoms with van der Waals surface area (Å²) in [6.07, 6.45) is 1.42. The number of benzene rings is 1. The Bertz CT molecular complexity index is 714. The molecule has 1 heterocycles. The fraction of sp³-hybridized carbons (Fsp3) is 0.312. The molecule has 0 atom stereocenters. The van der Waals surface area contributed by atoms with Gasteiger partial charge in [0, 0.05) is 0 Å². The normalized spacial score (nSPS) is 15.9. The molecule has 1 aromatic rings. The minimum absolute atomic E-state index is 0.141. The third-order valence-electron chi connectivity index (χ3n) is 3.37. The van der Waals surface area contributed by atoms with Gasteiger partial charge in [-0.1, -0.05) is 35.6 Å². The number of carboxylic acid groups (broad SMARTS) is 1. The molecule has 8 heteroatoms. The van der Waals surface area contributed by atoms with Gasteiger partial charge in [0.25, 0.3) is 5.91 Å². The topological polar surface area (TPSA) is 84.9 Å². The van der Waals surface area contributed by atoms with Crippen LogP contribution < -0.4 is 14.8 Å². The summed E-state index contributed by atoms with van der Waals surface area (Å²) in [6.45, 7) is 1.49. The summed E-state index contributed by atoms with van der Waals surface area (Å²) in [5.41, 5.74) is 1.97. The standard InChI is InChI=1S/C16H17NO5S2/c1-9(14-15(20)17-16(23)24-14)3-4-10-5-6-11(12(7-10)21-2)22-8-13(18)19/h5-7H,3-4,8H2,1-2H3,(H,18,19)(H,17,20,23)/b14-9+. The maximum absolute atomic E-state index is 11.7. The molecule has 2 rings (SSSR count). The lowest BCUT2D eigenvalue weighted by molar-refractivity contribution is -0.139. The van der Waals surface area contributed by atoms with Crippen molar-refractivity contribution < 1.29 is 24.2 Å². The minimum Gasteiger partial charge on any atom is -0.493 e. The number of amides is 1. The van der Waals surface area contributed by atoms with Crippen LogP contribution in [0, 0.1) is 0 Å². The van der Waals surface area contributed by atoms with Crippen LogP contribution in [0.25, 0.3) is 0 Å². The molecule has 0 saturated carbocycles. The van der Waals surface area contributed by atoms with Gasteiger partial charge in [-0.2, -0.15) is 0 Å². The SMILES string of the molecule is COc1cc(CC/C(C)=C2/SC(=S)NC2=O)ccc1OCC(=O)O.